The van der Waals surface area contributed by atoms with Crippen molar-refractivity contribution >= 4 is 23.3 Å². The second-order valence-corrected chi connectivity index (χ2v) is 6.61. The molecule has 5 nitrogen and oxygen atoms in total. The van der Waals surface area contributed by atoms with Crippen molar-refractivity contribution in [3.05, 3.63) is 53.4 Å². The first kappa shape index (κ1) is 16.7. The summed E-state index contributed by atoms with van der Waals surface area (Å²) in [4.78, 5) is 25.2. The molecular weight excluding hydrogens is 324 g/mol. The molecule has 6 heteroatoms. The molecule has 24 heavy (non-hydrogen) atoms. The summed E-state index contributed by atoms with van der Waals surface area (Å²) < 4.78 is 0. The number of rotatable bonds is 4. The molecule has 0 radical (unpaired) electrons. The summed E-state index contributed by atoms with van der Waals surface area (Å²) in [5, 5.41) is 0.694. The first-order chi connectivity index (χ1) is 11.6. The van der Waals surface area contributed by atoms with E-state index in [1.54, 1.807) is 23.5 Å². The van der Waals surface area contributed by atoms with Gasteiger partial charge in [-0.25, -0.2) is 4.98 Å². The van der Waals surface area contributed by atoms with Crippen molar-refractivity contribution in [2.45, 2.75) is 19.4 Å². The zero-order valence-electron chi connectivity index (χ0n) is 13.7. The third kappa shape index (κ3) is 4.03. The molecule has 1 amide bonds. The lowest BCUT2D eigenvalue weighted by molar-refractivity contribution is -0.135. The standard InChI is InChI=1S/C18H21ClN4O/c1-22(12-14-4-2-6-16(19)10-14)18(24)15-5-3-9-23(13-15)17-11-20-7-8-21-17/h2,4,6-8,10-11,15H,3,5,9,12-13H2,1H3. The first-order valence-electron chi connectivity index (χ1n) is 8.14. The Kier molecular flexibility index (Phi) is 5.30. The third-order valence-electron chi connectivity index (χ3n) is 4.33. The largest absolute Gasteiger partial charge is 0.355 e. The minimum absolute atomic E-state index is 0.00931. The van der Waals surface area contributed by atoms with Crippen LogP contribution in [0.1, 0.15) is 18.4 Å². The van der Waals surface area contributed by atoms with Crippen LogP contribution >= 0.6 is 11.6 Å². The number of hydrogen-bond acceptors (Lipinski definition) is 4. The predicted octanol–water partition coefficient (Wildman–Crippen LogP) is 3.01. The number of hydrogen-bond donors (Lipinski definition) is 0. The predicted molar refractivity (Wildman–Crippen MR) is 94.9 cm³/mol. The minimum Gasteiger partial charge on any atom is -0.355 e. The average Bonchev–Trinajstić information content (AvgIpc) is 2.62. The molecule has 1 aromatic carbocycles. The molecule has 1 unspecified atom stereocenters. The van der Waals surface area contributed by atoms with Gasteiger partial charge in [0.25, 0.3) is 0 Å². The molecule has 1 atom stereocenters. The van der Waals surface area contributed by atoms with Gasteiger partial charge in [-0.3, -0.25) is 9.78 Å². The fourth-order valence-electron chi connectivity index (χ4n) is 3.14. The van der Waals surface area contributed by atoms with E-state index in [4.69, 9.17) is 11.6 Å². The highest BCUT2D eigenvalue weighted by Crippen LogP contribution is 2.23. The van der Waals surface area contributed by atoms with Crippen molar-refractivity contribution in [3.8, 4) is 0 Å². The summed E-state index contributed by atoms with van der Waals surface area (Å²) in [7, 11) is 1.85. The fourth-order valence-corrected chi connectivity index (χ4v) is 3.35. The van der Waals surface area contributed by atoms with Crippen LogP contribution in [0, 0.1) is 5.92 Å². The topological polar surface area (TPSA) is 49.3 Å². The summed E-state index contributed by atoms with van der Waals surface area (Å²) in [5.74, 6) is 1.00. The molecule has 126 valence electrons. The molecule has 1 saturated heterocycles. The summed E-state index contributed by atoms with van der Waals surface area (Å²) in [6.07, 6.45) is 7.00. The molecule has 1 aromatic heterocycles. The maximum absolute atomic E-state index is 12.8. The molecule has 2 heterocycles. The molecule has 0 bridgehead atoms. The summed E-state index contributed by atoms with van der Waals surface area (Å²) in [5.41, 5.74) is 1.04. The zero-order chi connectivity index (χ0) is 16.9. The molecule has 2 aromatic rings. The van der Waals surface area contributed by atoms with Gasteiger partial charge >= 0.3 is 0 Å². The van der Waals surface area contributed by atoms with Gasteiger partial charge < -0.3 is 9.80 Å². The lowest BCUT2D eigenvalue weighted by atomic mass is 9.96. The average molecular weight is 345 g/mol. The Balaban J connectivity index is 1.63. The van der Waals surface area contributed by atoms with E-state index in [2.05, 4.69) is 14.9 Å². The molecule has 0 N–H and O–H groups in total. The molecule has 1 fully saturated rings. The van der Waals surface area contributed by atoms with Crippen LogP contribution in [0.25, 0.3) is 0 Å². The molecule has 0 aliphatic carbocycles. The van der Waals surface area contributed by atoms with E-state index in [1.165, 1.54) is 0 Å². The molecule has 0 spiro atoms. The van der Waals surface area contributed by atoms with Gasteiger partial charge in [0.2, 0.25) is 5.91 Å². The van der Waals surface area contributed by atoms with Crippen molar-refractivity contribution in [1.29, 1.82) is 0 Å². The number of aromatic nitrogens is 2. The molecule has 1 aliphatic heterocycles. The first-order valence-corrected chi connectivity index (χ1v) is 8.51. The third-order valence-corrected chi connectivity index (χ3v) is 4.56. The van der Waals surface area contributed by atoms with Gasteiger partial charge in [0.05, 0.1) is 12.1 Å². The van der Waals surface area contributed by atoms with Crippen molar-refractivity contribution in [2.24, 2.45) is 5.92 Å². The highest BCUT2D eigenvalue weighted by atomic mass is 35.5. The van der Waals surface area contributed by atoms with E-state index in [9.17, 15) is 4.79 Å². The smallest absolute Gasteiger partial charge is 0.227 e. The number of benzene rings is 1. The van der Waals surface area contributed by atoms with E-state index in [0.29, 0.717) is 18.1 Å². The summed E-state index contributed by atoms with van der Waals surface area (Å²) >= 11 is 6.02. The van der Waals surface area contributed by atoms with Crippen molar-refractivity contribution in [2.75, 3.05) is 25.0 Å². The maximum Gasteiger partial charge on any atom is 0.227 e. The summed E-state index contributed by atoms with van der Waals surface area (Å²) in [6.45, 7) is 2.18. The van der Waals surface area contributed by atoms with Gasteiger partial charge in [0.15, 0.2) is 0 Å². The van der Waals surface area contributed by atoms with Crippen LogP contribution in [0.4, 0.5) is 5.82 Å². The van der Waals surface area contributed by atoms with Crippen molar-refractivity contribution in [1.82, 2.24) is 14.9 Å². The second kappa shape index (κ2) is 7.62. The number of amides is 1. The molecule has 0 saturated carbocycles. The lowest BCUT2D eigenvalue weighted by Gasteiger charge is -2.34. The second-order valence-electron chi connectivity index (χ2n) is 6.17. The van der Waals surface area contributed by atoms with Gasteiger partial charge in [-0.15, -0.1) is 0 Å². The highest BCUT2D eigenvalue weighted by Gasteiger charge is 2.28. The van der Waals surface area contributed by atoms with Crippen LogP contribution in [0.3, 0.4) is 0 Å². The van der Waals surface area contributed by atoms with Crippen molar-refractivity contribution in [3.63, 3.8) is 0 Å². The fraction of sp³-hybridized carbons (Fsp3) is 0.389. The van der Waals surface area contributed by atoms with Crippen LogP contribution in [0.15, 0.2) is 42.9 Å². The van der Waals surface area contributed by atoms with Crippen LogP contribution in [-0.2, 0) is 11.3 Å². The number of anilines is 1. The Hall–Kier alpha value is -2.14. The van der Waals surface area contributed by atoms with E-state index >= 15 is 0 Å². The minimum atomic E-state index is -0.00931. The molecular formula is C18H21ClN4O. The monoisotopic (exact) mass is 344 g/mol. The Bertz CT molecular complexity index is 694. The lowest BCUT2D eigenvalue weighted by Crippen LogP contribution is -2.43. The number of carbonyl (C=O) groups is 1. The van der Waals surface area contributed by atoms with E-state index < -0.39 is 0 Å². The Labute approximate surface area is 147 Å². The SMILES string of the molecule is CN(Cc1cccc(Cl)c1)C(=O)C1CCCN(c2cnccn2)C1. The van der Waals surface area contributed by atoms with Gasteiger partial charge in [-0.05, 0) is 30.5 Å². The van der Waals surface area contributed by atoms with Gasteiger partial charge in [-0.1, -0.05) is 23.7 Å². The number of halogens is 1. The number of carbonyl (C=O) groups excluding carboxylic acids is 1. The van der Waals surface area contributed by atoms with Crippen molar-refractivity contribution < 1.29 is 4.79 Å². The Morgan fingerprint density at radius 2 is 2.29 bits per heavy atom. The number of piperidine rings is 1. The van der Waals surface area contributed by atoms with Gasteiger partial charge in [-0.2, -0.15) is 0 Å². The van der Waals surface area contributed by atoms with E-state index in [1.807, 2.05) is 31.3 Å². The highest BCUT2D eigenvalue weighted by molar-refractivity contribution is 6.30. The summed E-state index contributed by atoms with van der Waals surface area (Å²) in [6, 6.07) is 7.64. The van der Waals surface area contributed by atoms with Gasteiger partial charge in [0.1, 0.15) is 5.82 Å². The Morgan fingerprint density at radius 3 is 3.04 bits per heavy atom. The van der Waals surface area contributed by atoms with Crippen LogP contribution in [0.5, 0.6) is 0 Å². The van der Waals surface area contributed by atoms with Crippen LogP contribution in [0.2, 0.25) is 5.02 Å². The quantitative estimate of drug-likeness (QED) is 0.855. The van der Waals surface area contributed by atoms with Gasteiger partial charge in [0, 0.05) is 44.1 Å². The molecule has 1 aliphatic rings. The zero-order valence-corrected chi connectivity index (χ0v) is 14.5. The van der Waals surface area contributed by atoms with Crippen LogP contribution < -0.4 is 4.90 Å². The van der Waals surface area contributed by atoms with E-state index in [-0.39, 0.29) is 11.8 Å². The van der Waals surface area contributed by atoms with E-state index in [0.717, 1.165) is 30.8 Å². The maximum atomic E-state index is 12.8. The number of nitrogens with zero attached hydrogens (tertiary/aromatic N) is 4. The molecule has 3 rings (SSSR count). The Morgan fingerprint density at radius 1 is 1.42 bits per heavy atom. The normalized spacial score (nSPS) is 17.6. The van der Waals surface area contributed by atoms with Crippen LogP contribution in [-0.4, -0.2) is 40.9 Å².